The molecular formula is C14H13BrN2O3S. The molecule has 110 valence electrons. The summed E-state index contributed by atoms with van der Waals surface area (Å²) in [5.41, 5.74) is 0.304. The van der Waals surface area contributed by atoms with Crippen molar-refractivity contribution in [2.45, 2.75) is 6.54 Å². The van der Waals surface area contributed by atoms with Crippen LogP contribution in [0.2, 0.25) is 0 Å². The summed E-state index contributed by atoms with van der Waals surface area (Å²) < 4.78 is 5.68. The molecule has 1 amide bonds. The Hall–Kier alpha value is -1.73. The van der Waals surface area contributed by atoms with Crippen LogP contribution in [0.5, 0.6) is 0 Å². The number of rotatable bonds is 5. The average Bonchev–Trinajstić information content (AvgIpc) is 2.97. The van der Waals surface area contributed by atoms with Gasteiger partial charge in [0, 0.05) is 28.8 Å². The van der Waals surface area contributed by atoms with E-state index in [0.717, 1.165) is 4.88 Å². The van der Waals surface area contributed by atoms with Crippen LogP contribution in [0.15, 0.2) is 40.4 Å². The molecule has 21 heavy (non-hydrogen) atoms. The number of ether oxygens (including phenoxy) is 1. The van der Waals surface area contributed by atoms with Crippen LogP contribution < -0.4 is 0 Å². The molecule has 2 aromatic heterocycles. The molecule has 7 heteroatoms. The highest BCUT2D eigenvalue weighted by molar-refractivity contribution is 9.10. The summed E-state index contributed by atoms with van der Waals surface area (Å²) in [6.45, 7) is 0.222. The molecule has 0 spiro atoms. The van der Waals surface area contributed by atoms with Gasteiger partial charge in [-0.05, 0) is 33.4 Å². The van der Waals surface area contributed by atoms with Crippen molar-refractivity contribution in [2.24, 2.45) is 0 Å². The maximum atomic E-state index is 11.9. The third kappa shape index (κ3) is 4.64. The lowest BCUT2D eigenvalue weighted by molar-refractivity contribution is -0.133. The summed E-state index contributed by atoms with van der Waals surface area (Å²) >= 11 is 4.80. The van der Waals surface area contributed by atoms with Crippen LogP contribution in [0.25, 0.3) is 0 Å². The van der Waals surface area contributed by atoms with Gasteiger partial charge < -0.3 is 9.64 Å². The van der Waals surface area contributed by atoms with Crippen molar-refractivity contribution in [1.29, 1.82) is 0 Å². The Morgan fingerprint density at radius 3 is 2.90 bits per heavy atom. The molecule has 0 saturated carbocycles. The van der Waals surface area contributed by atoms with Gasteiger partial charge in [0.25, 0.3) is 5.91 Å². The summed E-state index contributed by atoms with van der Waals surface area (Å²) in [6.07, 6.45) is 2.96. The normalized spacial score (nSPS) is 10.2. The van der Waals surface area contributed by atoms with Gasteiger partial charge in [-0.3, -0.25) is 9.78 Å². The molecule has 5 nitrogen and oxygen atoms in total. The molecule has 0 aliphatic heterocycles. The average molecular weight is 369 g/mol. The zero-order valence-electron chi connectivity index (χ0n) is 11.3. The van der Waals surface area contributed by atoms with E-state index < -0.39 is 5.97 Å². The number of likely N-dealkylation sites (N-methyl/N-ethyl adjacent to an activating group) is 1. The first kappa shape index (κ1) is 15.7. The zero-order valence-corrected chi connectivity index (χ0v) is 13.7. The van der Waals surface area contributed by atoms with Crippen LogP contribution in [0.3, 0.4) is 0 Å². The smallest absolute Gasteiger partial charge is 0.340 e. The van der Waals surface area contributed by atoms with Crippen LogP contribution in [0.1, 0.15) is 15.2 Å². The maximum Gasteiger partial charge on any atom is 0.340 e. The predicted octanol–water partition coefficient (Wildman–Crippen LogP) is 2.72. The van der Waals surface area contributed by atoms with Gasteiger partial charge in [0.15, 0.2) is 6.61 Å². The molecule has 0 atom stereocenters. The minimum atomic E-state index is -0.568. The molecule has 0 unspecified atom stereocenters. The van der Waals surface area contributed by atoms with Gasteiger partial charge in [-0.15, -0.1) is 11.3 Å². The number of hydrogen-bond donors (Lipinski definition) is 0. The van der Waals surface area contributed by atoms with Gasteiger partial charge in [0.1, 0.15) is 0 Å². The molecule has 0 N–H and O–H groups in total. The lowest BCUT2D eigenvalue weighted by Crippen LogP contribution is -2.30. The molecule has 0 fully saturated rings. The van der Waals surface area contributed by atoms with Gasteiger partial charge in [-0.1, -0.05) is 6.07 Å². The number of hydrogen-bond acceptors (Lipinski definition) is 5. The van der Waals surface area contributed by atoms with Crippen molar-refractivity contribution < 1.29 is 14.3 Å². The Bertz CT molecular complexity index is 631. The summed E-state index contributed by atoms with van der Waals surface area (Å²) in [5, 5.41) is 1.95. The first-order valence-corrected chi connectivity index (χ1v) is 7.77. The Morgan fingerprint density at radius 2 is 2.24 bits per heavy atom. The van der Waals surface area contributed by atoms with Crippen LogP contribution in [0, 0.1) is 0 Å². The third-order valence-corrected chi connectivity index (χ3v) is 3.96. The van der Waals surface area contributed by atoms with Crippen LogP contribution >= 0.6 is 27.3 Å². The van der Waals surface area contributed by atoms with E-state index >= 15 is 0 Å². The molecule has 2 rings (SSSR count). The molecule has 0 saturated heterocycles. The number of halogens is 1. The summed E-state index contributed by atoms with van der Waals surface area (Å²) in [6, 6.07) is 5.47. The van der Waals surface area contributed by atoms with E-state index in [1.807, 2.05) is 17.5 Å². The van der Waals surface area contributed by atoms with Crippen LogP contribution in [0.4, 0.5) is 0 Å². The van der Waals surface area contributed by atoms with E-state index in [4.69, 9.17) is 4.74 Å². The quantitative estimate of drug-likeness (QED) is 0.761. The van der Waals surface area contributed by atoms with E-state index in [9.17, 15) is 9.59 Å². The number of pyridine rings is 1. The maximum absolute atomic E-state index is 11.9. The zero-order chi connectivity index (χ0) is 15.2. The highest BCUT2D eigenvalue weighted by Crippen LogP contribution is 2.12. The summed E-state index contributed by atoms with van der Waals surface area (Å²) in [7, 11) is 1.68. The number of aromatic nitrogens is 1. The highest BCUT2D eigenvalue weighted by Gasteiger charge is 2.14. The number of amides is 1. The van der Waals surface area contributed by atoms with Crippen molar-refractivity contribution in [3.05, 3.63) is 50.9 Å². The number of thiophene rings is 1. The largest absolute Gasteiger partial charge is 0.452 e. The predicted molar refractivity (Wildman–Crippen MR) is 83.0 cm³/mol. The fraction of sp³-hybridized carbons (Fsp3) is 0.214. The van der Waals surface area contributed by atoms with Gasteiger partial charge >= 0.3 is 5.97 Å². The SMILES string of the molecule is CN(Cc1cccs1)C(=O)COC(=O)c1cncc(Br)c1. The molecule has 0 bridgehead atoms. The van der Waals surface area contributed by atoms with Crippen molar-refractivity contribution in [3.63, 3.8) is 0 Å². The fourth-order valence-electron chi connectivity index (χ4n) is 1.57. The molecule has 0 aliphatic carbocycles. The van der Waals surface area contributed by atoms with E-state index in [0.29, 0.717) is 16.6 Å². The lowest BCUT2D eigenvalue weighted by Gasteiger charge is -2.16. The molecular weight excluding hydrogens is 356 g/mol. The monoisotopic (exact) mass is 368 g/mol. The van der Waals surface area contributed by atoms with E-state index in [1.54, 1.807) is 30.6 Å². The Balaban J connectivity index is 1.84. The number of carbonyl (C=O) groups excluding carboxylic acids is 2. The second-order valence-corrected chi connectivity index (χ2v) is 6.25. The number of carbonyl (C=O) groups is 2. The fourth-order valence-corrected chi connectivity index (χ4v) is 2.69. The van der Waals surface area contributed by atoms with Crippen LogP contribution in [-0.2, 0) is 16.1 Å². The molecule has 0 radical (unpaired) electrons. The summed E-state index contributed by atoms with van der Waals surface area (Å²) in [5.74, 6) is -0.818. The molecule has 2 heterocycles. The van der Waals surface area contributed by atoms with Crippen molar-refractivity contribution in [1.82, 2.24) is 9.88 Å². The number of nitrogens with zero attached hydrogens (tertiary/aromatic N) is 2. The van der Waals surface area contributed by atoms with Crippen molar-refractivity contribution in [2.75, 3.05) is 13.7 Å². The standard InChI is InChI=1S/C14H13BrN2O3S/c1-17(8-12-3-2-4-21-12)13(18)9-20-14(19)10-5-11(15)7-16-6-10/h2-7H,8-9H2,1H3. The molecule has 0 aromatic carbocycles. The van der Waals surface area contributed by atoms with E-state index in [-0.39, 0.29) is 12.5 Å². The second kappa shape index (κ2) is 7.33. The van der Waals surface area contributed by atoms with Crippen molar-refractivity contribution >= 4 is 39.1 Å². The summed E-state index contributed by atoms with van der Waals surface area (Å²) in [4.78, 5) is 30.2. The topological polar surface area (TPSA) is 59.5 Å². The van der Waals surface area contributed by atoms with Gasteiger partial charge in [0.05, 0.1) is 12.1 Å². The van der Waals surface area contributed by atoms with Gasteiger partial charge in [-0.25, -0.2) is 4.79 Å². The molecule has 2 aromatic rings. The number of esters is 1. The lowest BCUT2D eigenvalue weighted by atomic mass is 10.3. The van der Waals surface area contributed by atoms with Crippen molar-refractivity contribution in [3.8, 4) is 0 Å². The van der Waals surface area contributed by atoms with Gasteiger partial charge in [-0.2, -0.15) is 0 Å². The minimum absolute atomic E-state index is 0.250. The van der Waals surface area contributed by atoms with E-state index in [1.165, 1.54) is 11.1 Å². The van der Waals surface area contributed by atoms with Crippen LogP contribution in [-0.4, -0.2) is 35.4 Å². The Kier molecular flexibility index (Phi) is 5.46. The van der Waals surface area contributed by atoms with E-state index in [2.05, 4.69) is 20.9 Å². The molecule has 0 aliphatic rings. The highest BCUT2D eigenvalue weighted by atomic mass is 79.9. The first-order valence-electron chi connectivity index (χ1n) is 6.10. The third-order valence-electron chi connectivity index (χ3n) is 2.67. The van der Waals surface area contributed by atoms with Gasteiger partial charge in [0.2, 0.25) is 0 Å². The Morgan fingerprint density at radius 1 is 1.43 bits per heavy atom. The first-order chi connectivity index (χ1) is 10.1. The Labute approximate surface area is 134 Å². The second-order valence-electron chi connectivity index (χ2n) is 4.30. The minimum Gasteiger partial charge on any atom is -0.452 e.